The van der Waals surface area contributed by atoms with Gasteiger partial charge in [-0.25, -0.2) is 4.39 Å². The van der Waals surface area contributed by atoms with Gasteiger partial charge in [-0.2, -0.15) is 0 Å². The third-order valence-electron chi connectivity index (χ3n) is 2.63. The molecule has 100 valence electrons. The Hall–Kier alpha value is -1.58. The zero-order valence-electron chi connectivity index (χ0n) is 11.3. The summed E-state index contributed by atoms with van der Waals surface area (Å²) in [7, 11) is 0. The monoisotopic (exact) mass is 253 g/mol. The van der Waals surface area contributed by atoms with E-state index in [1.807, 2.05) is 27.7 Å². The number of aromatic hydroxyl groups is 1. The second-order valence-corrected chi connectivity index (χ2v) is 5.11. The summed E-state index contributed by atoms with van der Waals surface area (Å²) in [6, 6.07) is 3.61. The molecule has 0 spiro atoms. The number of amides is 1. The van der Waals surface area contributed by atoms with Gasteiger partial charge in [0.25, 0.3) is 5.91 Å². The number of hydrogen-bond donors (Lipinski definition) is 1. The second-order valence-electron chi connectivity index (χ2n) is 5.11. The Kier molecular flexibility index (Phi) is 4.70. The van der Waals surface area contributed by atoms with Gasteiger partial charge in [-0.1, -0.05) is 13.8 Å². The van der Waals surface area contributed by atoms with Crippen LogP contribution in [0, 0.1) is 11.7 Å². The highest BCUT2D eigenvalue weighted by molar-refractivity contribution is 5.94. The molecular weight excluding hydrogens is 233 g/mol. The highest BCUT2D eigenvalue weighted by Gasteiger charge is 2.22. The Morgan fingerprint density at radius 1 is 1.33 bits per heavy atom. The maximum Gasteiger partial charge on any atom is 0.257 e. The van der Waals surface area contributed by atoms with Crippen LogP contribution < -0.4 is 0 Å². The van der Waals surface area contributed by atoms with E-state index in [9.17, 15) is 9.18 Å². The first-order valence-electron chi connectivity index (χ1n) is 6.12. The van der Waals surface area contributed by atoms with Crippen molar-refractivity contribution < 1.29 is 14.3 Å². The van der Waals surface area contributed by atoms with E-state index in [0.29, 0.717) is 12.5 Å². The van der Waals surface area contributed by atoms with Gasteiger partial charge in [0, 0.05) is 18.7 Å². The van der Waals surface area contributed by atoms with Crippen molar-refractivity contribution in [2.45, 2.75) is 33.7 Å². The Morgan fingerprint density at radius 2 is 1.94 bits per heavy atom. The van der Waals surface area contributed by atoms with Crippen LogP contribution in [0.1, 0.15) is 38.1 Å². The average Bonchev–Trinajstić information content (AvgIpc) is 2.24. The first-order valence-corrected chi connectivity index (χ1v) is 6.12. The van der Waals surface area contributed by atoms with Gasteiger partial charge in [0.1, 0.15) is 11.6 Å². The van der Waals surface area contributed by atoms with Crippen molar-refractivity contribution in [3.63, 3.8) is 0 Å². The largest absolute Gasteiger partial charge is 0.508 e. The van der Waals surface area contributed by atoms with Crippen LogP contribution >= 0.6 is 0 Å². The molecule has 3 nitrogen and oxygen atoms in total. The Balaban J connectivity index is 3.02. The number of rotatable bonds is 4. The fourth-order valence-electron chi connectivity index (χ4n) is 1.75. The summed E-state index contributed by atoms with van der Waals surface area (Å²) >= 11 is 0. The molecule has 0 aliphatic heterocycles. The maximum absolute atomic E-state index is 13.7. The number of phenols is 1. The fourth-order valence-corrected chi connectivity index (χ4v) is 1.75. The summed E-state index contributed by atoms with van der Waals surface area (Å²) in [4.78, 5) is 13.9. The van der Waals surface area contributed by atoms with E-state index in [1.165, 1.54) is 12.1 Å². The molecule has 0 saturated carbocycles. The first kappa shape index (κ1) is 14.5. The minimum Gasteiger partial charge on any atom is -0.508 e. The fraction of sp³-hybridized carbons (Fsp3) is 0.500. The van der Waals surface area contributed by atoms with Gasteiger partial charge in [0.15, 0.2) is 0 Å². The van der Waals surface area contributed by atoms with Crippen LogP contribution in [-0.2, 0) is 0 Å². The second kappa shape index (κ2) is 5.85. The Bertz CT molecular complexity index is 430. The number of benzene rings is 1. The summed E-state index contributed by atoms with van der Waals surface area (Å²) in [5, 5.41) is 9.15. The summed E-state index contributed by atoms with van der Waals surface area (Å²) in [6.45, 7) is 8.40. The number of halogens is 1. The number of carbonyl (C=O) groups is 1. The maximum atomic E-state index is 13.7. The molecule has 0 unspecified atom stereocenters. The Labute approximate surface area is 107 Å². The molecule has 1 rings (SSSR count). The molecule has 0 aliphatic carbocycles. The topological polar surface area (TPSA) is 40.5 Å². The lowest BCUT2D eigenvalue weighted by atomic mass is 10.1. The summed E-state index contributed by atoms with van der Waals surface area (Å²) in [6.07, 6.45) is 0. The molecule has 18 heavy (non-hydrogen) atoms. The standard InChI is InChI=1S/C14H20FNO2/c1-9(2)8-16(10(3)4)14(18)12-6-5-11(17)7-13(12)15/h5-7,9-10,17H,8H2,1-4H3. The van der Waals surface area contributed by atoms with Crippen LogP contribution in [0.15, 0.2) is 18.2 Å². The van der Waals surface area contributed by atoms with Crippen LogP contribution in [0.5, 0.6) is 5.75 Å². The van der Waals surface area contributed by atoms with E-state index in [-0.39, 0.29) is 23.3 Å². The highest BCUT2D eigenvalue weighted by Crippen LogP contribution is 2.18. The predicted octanol–water partition coefficient (Wildman–Crippen LogP) is 3.04. The molecule has 0 atom stereocenters. The van der Waals surface area contributed by atoms with Crippen LogP contribution in [0.2, 0.25) is 0 Å². The normalized spacial score (nSPS) is 11.1. The van der Waals surface area contributed by atoms with Gasteiger partial charge in [-0.05, 0) is 31.9 Å². The van der Waals surface area contributed by atoms with Gasteiger partial charge in [-0.15, -0.1) is 0 Å². The predicted molar refractivity (Wildman–Crippen MR) is 69.1 cm³/mol. The molecule has 4 heteroatoms. The number of nitrogens with zero attached hydrogens (tertiary/aromatic N) is 1. The molecule has 0 saturated heterocycles. The van der Waals surface area contributed by atoms with E-state index in [4.69, 9.17) is 5.11 Å². The van der Waals surface area contributed by atoms with Gasteiger partial charge >= 0.3 is 0 Å². The molecule has 0 aromatic heterocycles. The highest BCUT2D eigenvalue weighted by atomic mass is 19.1. The van der Waals surface area contributed by atoms with Crippen molar-refractivity contribution in [2.75, 3.05) is 6.54 Å². The van der Waals surface area contributed by atoms with E-state index in [2.05, 4.69) is 0 Å². The molecule has 1 N–H and O–H groups in total. The van der Waals surface area contributed by atoms with Crippen molar-refractivity contribution >= 4 is 5.91 Å². The average molecular weight is 253 g/mol. The van der Waals surface area contributed by atoms with E-state index >= 15 is 0 Å². The van der Waals surface area contributed by atoms with Gasteiger partial charge in [0.2, 0.25) is 0 Å². The van der Waals surface area contributed by atoms with E-state index in [1.54, 1.807) is 4.90 Å². The van der Waals surface area contributed by atoms with Gasteiger partial charge < -0.3 is 10.0 Å². The molecule has 0 aliphatic rings. The van der Waals surface area contributed by atoms with Crippen LogP contribution in [0.3, 0.4) is 0 Å². The zero-order valence-corrected chi connectivity index (χ0v) is 11.3. The number of phenolic OH excluding ortho intramolecular Hbond substituents is 1. The van der Waals surface area contributed by atoms with Crippen LogP contribution in [0.25, 0.3) is 0 Å². The molecule has 0 radical (unpaired) electrons. The van der Waals surface area contributed by atoms with E-state index in [0.717, 1.165) is 6.07 Å². The molecule has 1 aromatic rings. The SMILES string of the molecule is CC(C)CN(C(=O)c1ccc(O)cc1F)C(C)C. The summed E-state index contributed by atoms with van der Waals surface area (Å²) < 4.78 is 13.7. The van der Waals surface area contributed by atoms with Crippen molar-refractivity contribution in [1.29, 1.82) is 0 Å². The third kappa shape index (κ3) is 3.45. The van der Waals surface area contributed by atoms with Crippen LogP contribution in [0.4, 0.5) is 4.39 Å². The molecule has 0 fully saturated rings. The van der Waals surface area contributed by atoms with Crippen molar-refractivity contribution in [3.8, 4) is 5.75 Å². The first-order chi connectivity index (χ1) is 8.32. The molecule has 1 amide bonds. The molecule has 0 bridgehead atoms. The number of hydrogen-bond acceptors (Lipinski definition) is 2. The lowest BCUT2D eigenvalue weighted by Gasteiger charge is -2.28. The molecular formula is C14H20FNO2. The van der Waals surface area contributed by atoms with Crippen LogP contribution in [-0.4, -0.2) is 28.5 Å². The summed E-state index contributed by atoms with van der Waals surface area (Å²) in [5.74, 6) is -0.883. The lowest BCUT2D eigenvalue weighted by molar-refractivity contribution is 0.0677. The minimum atomic E-state index is -0.686. The molecule has 0 heterocycles. The lowest BCUT2D eigenvalue weighted by Crippen LogP contribution is -2.39. The third-order valence-corrected chi connectivity index (χ3v) is 2.63. The van der Waals surface area contributed by atoms with Crippen molar-refractivity contribution in [3.05, 3.63) is 29.6 Å². The van der Waals surface area contributed by atoms with Crippen molar-refractivity contribution in [2.24, 2.45) is 5.92 Å². The van der Waals surface area contributed by atoms with Gasteiger partial charge in [-0.3, -0.25) is 4.79 Å². The summed E-state index contributed by atoms with van der Waals surface area (Å²) in [5.41, 5.74) is 0.00199. The minimum absolute atomic E-state index is 0.00199. The van der Waals surface area contributed by atoms with E-state index < -0.39 is 5.82 Å². The van der Waals surface area contributed by atoms with Gasteiger partial charge in [0.05, 0.1) is 5.56 Å². The quantitative estimate of drug-likeness (QED) is 0.896. The van der Waals surface area contributed by atoms with Crippen molar-refractivity contribution in [1.82, 2.24) is 4.90 Å². The zero-order chi connectivity index (χ0) is 13.9. The Morgan fingerprint density at radius 3 is 2.39 bits per heavy atom. The number of carbonyl (C=O) groups excluding carboxylic acids is 1. The smallest absolute Gasteiger partial charge is 0.257 e. The molecule has 1 aromatic carbocycles.